The molecule has 0 spiro atoms. The van der Waals surface area contributed by atoms with Crippen molar-refractivity contribution in [2.24, 2.45) is 12.8 Å². The Kier molecular flexibility index (Phi) is 4.90. The first-order valence-electron chi connectivity index (χ1n) is 6.37. The molecule has 0 aliphatic rings. The minimum atomic E-state index is -0.854. The van der Waals surface area contributed by atoms with E-state index in [-0.39, 0.29) is 30.3 Å². The van der Waals surface area contributed by atoms with Crippen molar-refractivity contribution in [1.29, 1.82) is 0 Å². The van der Waals surface area contributed by atoms with Gasteiger partial charge in [-0.05, 0) is 6.92 Å². The zero-order valence-corrected chi connectivity index (χ0v) is 12.2. The number of hydrogen-bond donors (Lipinski definition) is 3. The van der Waals surface area contributed by atoms with Gasteiger partial charge in [0.1, 0.15) is 17.5 Å². The number of rotatable bonds is 6. The van der Waals surface area contributed by atoms with E-state index in [1.54, 1.807) is 6.92 Å². The first kappa shape index (κ1) is 16.5. The number of Topliss-reactive ketones (excluding diaryl/α,β-unsaturated/α-hetero) is 1. The smallest absolute Gasteiger partial charge is 0.332 e. The van der Waals surface area contributed by atoms with Gasteiger partial charge in [-0.2, -0.15) is 0 Å². The summed E-state index contributed by atoms with van der Waals surface area (Å²) in [6.45, 7) is 2.74. The van der Waals surface area contributed by atoms with Gasteiger partial charge in [0.15, 0.2) is 5.78 Å². The Hall–Kier alpha value is -2.58. The van der Waals surface area contributed by atoms with Crippen LogP contribution in [0.2, 0.25) is 0 Å². The number of carbonyl (C=O) groups excluding carboxylic acids is 2. The van der Waals surface area contributed by atoms with E-state index >= 15 is 0 Å². The molecule has 9 nitrogen and oxygen atoms in total. The number of nitrogen functional groups attached to an aromatic ring is 1. The summed E-state index contributed by atoms with van der Waals surface area (Å²) in [5.41, 5.74) is 9.24. The van der Waals surface area contributed by atoms with Crippen LogP contribution in [0.1, 0.15) is 20.3 Å². The van der Waals surface area contributed by atoms with Gasteiger partial charge in [0, 0.05) is 13.5 Å². The average Bonchev–Trinajstić information content (AvgIpc) is 2.45. The highest BCUT2D eigenvalue weighted by atomic mass is 16.2. The first-order valence-corrected chi connectivity index (χ1v) is 6.37. The molecule has 0 saturated heterocycles. The third-order valence-electron chi connectivity index (χ3n) is 3.11. The van der Waals surface area contributed by atoms with Gasteiger partial charge in [0.25, 0.3) is 5.56 Å². The second-order valence-corrected chi connectivity index (χ2v) is 4.65. The number of nitrogens with one attached hydrogen (secondary N) is 1. The fourth-order valence-electron chi connectivity index (χ4n) is 1.63. The molecule has 0 radical (unpaired) electrons. The molecule has 0 aliphatic heterocycles. The molecule has 1 amide bonds. The fraction of sp³-hybridized carbons (Fsp3) is 0.500. The minimum absolute atomic E-state index is 0.127. The van der Waals surface area contributed by atoms with Crippen LogP contribution in [-0.2, 0) is 23.2 Å². The number of nitrogens with zero attached hydrogens (tertiary/aromatic N) is 2. The van der Waals surface area contributed by atoms with Crippen LogP contribution in [0.25, 0.3) is 0 Å². The molecule has 0 saturated carbocycles. The quantitative estimate of drug-likeness (QED) is 0.577. The number of hydrogen-bond acceptors (Lipinski definition) is 6. The number of nitrogens with two attached hydrogens (primary N) is 2. The molecule has 1 heterocycles. The standard InChI is InChI=1S/C12H19N5O4/c1-4-7(18)5-17-11(20)8(15-6(2)10(14)19)9(13)16(3)12(17)21/h6,15H,4-5,13H2,1-3H3,(H2,14,19)/t6-/m0/s1. The maximum absolute atomic E-state index is 12.3. The van der Waals surface area contributed by atoms with E-state index in [4.69, 9.17) is 11.5 Å². The Morgan fingerprint density at radius 3 is 2.38 bits per heavy atom. The molecule has 5 N–H and O–H groups in total. The van der Waals surface area contributed by atoms with Gasteiger partial charge in [0.2, 0.25) is 5.91 Å². The molecule has 0 aromatic carbocycles. The Labute approximate surface area is 120 Å². The topological polar surface area (TPSA) is 142 Å². The summed E-state index contributed by atoms with van der Waals surface area (Å²) in [6.07, 6.45) is 0.195. The molecule has 0 fully saturated rings. The number of ketones is 1. The lowest BCUT2D eigenvalue weighted by molar-refractivity contribution is -0.119. The van der Waals surface area contributed by atoms with Crippen LogP contribution in [0.5, 0.6) is 0 Å². The number of carbonyl (C=O) groups is 2. The monoisotopic (exact) mass is 297 g/mol. The minimum Gasteiger partial charge on any atom is -0.383 e. The number of anilines is 2. The van der Waals surface area contributed by atoms with Crippen LogP contribution < -0.4 is 28.0 Å². The molecule has 1 aromatic rings. The summed E-state index contributed by atoms with van der Waals surface area (Å²) in [4.78, 5) is 46.8. The van der Waals surface area contributed by atoms with E-state index in [0.29, 0.717) is 0 Å². The molecule has 0 unspecified atom stereocenters. The van der Waals surface area contributed by atoms with Gasteiger partial charge in [-0.3, -0.25) is 23.5 Å². The van der Waals surface area contributed by atoms with Crippen molar-refractivity contribution in [3.8, 4) is 0 Å². The fourth-order valence-corrected chi connectivity index (χ4v) is 1.63. The zero-order chi connectivity index (χ0) is 16.3. The van der Waals surface area contributed by atoms with E-state index in [2.05, 4.69) is 5.32 Å². The summed E-state index contributed by atoms with van der Waals surface area (Å²) >= 11 is 0. The molecular weight excluding hydrogens is 278 g/mol. The average molecular weight is 297 g/mol. The van der Waals surface area contributed by atoms with E-state index < -0.39 is 23.2 Å². The lowest BCUT2D eigenvalue weighted by Gasteiger charge is -2.17. The van der Waals surface area contributed by atoms with Crippen molar-refractivity contribution in [2.45, 2.75) is 32.9 Å². The van der Waals surface area contributed by atoms with Crippen molar-refractivity contribution in [2.75, 3.05) is 11.1 Å². The van der Waals surface area contributed by atoms with E-state index in [1.807, 2.05) is 0 Å². The Morgan fingerprint density at radius 2 is 1.90 bits per heavy atom. The van der Waals surface area contributed by atoms with Gasteiger partial charge in [-0.25, -0.2) is 4.79 Å². The van der Waals surface area contributed by atoms with E-state index in [9.17, 15) is 19.2 Å². The van der Waals surface area contributed by atoms with E-state index in [0.717, 1.165) is 9.13 Å². The number of aromatic nitrogens is 2. The van der Waals surface area contributed by atoms with Crippen molar-refractivity contribution in [3.63, 3.8) is 0 Å². The summed E-state index contributed by atoms with van der Waals surface area (Å²) < 4.78 is 1.80. The van der Waals surface area contributed by atoms with Crippen molar-refractivity contribution >= 4 is 23.2 Å². The molecule has 21 heavy (non-hydrogen) atoms. The van der Waals surface area contributed by atoms with Crippen LogP contribution in [0.15, 0.2) is 9.59 Å². The normalized spacial score (nSPS) is 12.0. The highest BCUT2D eigenvalue weighted by Crippen LogP contribution is 2.10. The summed E-state index contributed by atoms with van der Waals surface area (Å²) in [6, 6.07) is -0.854. The lowest BCUT2D eigenvalue weighted by Crippen LogP contribution is -2.44. The number of primary amides is 1. The van der Waals surface area contributed by atoms with Gasteiger partial charge >= 0.3 is 5.69 Å². The second-order valence-electron chi connectivity index (χ2n) is 4.65. The Balaban J connectivity index is 3.45. The third-order valence-corrected chi connectivity index (χ3v) is 3.11. The van der Waals surface area contributed by atoms with Crippen LogP contribution in [-0.4, -0.2) is 26.9 Å². The maximum atomic E-state index is 12.3. The summed E-state index contributed by atoms with van der Waals surface area (Å²) in [5, 5.41) is 2.57. The van der Waals surface area contributed by atoms with Gasteiger partial charge in [-0.15, -0.1) is 0 Å². The van der Waals surface area contributed by atoms with Crippen LogP contribution in [0.3, 0.4) is 0 Å². The maximum Gasteiger partial charge on any atom is 0.332 e. The molecule has 1 rings (SSSR count). The largest absolute Gasteiger partial charge is 0.383 e. The molecule has 0 bridgehead atoms. The molecule has 116 valence electrons. The zero-order valence-electron chi connectivity index (χ0n) is 12.2. The Morgan fingerprint density at radius 1 is 1.33 bits per heavy atom. The van der Waals surface area contributed by atoms with Crippen LogP contribution in [0, 0.1) is 0 Å². The predicted octanol–water partition coefficient (Wildman–Crippen LogP) is -1.61. The second kappa shape index (κ2) is 6.25. The van der Waals surface area contributed by atoms with Crippen molar-refractivity contribution in [3.05, 3.63) is 20.8 Å². The summed E-state index contributed by atoms with van der Waals surface area (Å²) in [7, 11) is 1.37. The van der Waals surface area contributed by atoms with E-state index in [1.165, 1.54) is 14.0 Å². The Bertz CT molecular complexity index is 688. The number of amides is 1. The van der Waals surface area contributed by atoms with Crippen molar-refractivity contribution < 1.29 is 9.59 Å². The molecule has 1 atom stereocenters. The van der Waals surface area contributed by atoms with Crippen molar-refractivity contribution in [1.82, 2.24) is 9.13 Å². The van der Waals surface area contributed by atoms with Gasteiger partial charge in [-0.1, -0.05) is 6.92 Å². The molecule has 0 aliphatic carbocycles. The van der Waals surface area contributed by atoms with Gasteiger partial charge in [0.05, 0.1) is 6.54 Å². The molecule has 1 aromatic heterocycles. The lowest BCUT2D eigenvalue weighted by atomic mass is 10.3. The molecule has 9 heteroatoms. The van der Waals surface area contributed by atoms with Crippen LogP contribution in [0.4, 0.5) is 11.5 Å². The SMILES string of the molecule is CCC(=O)Cn1c(=O)c(N[C@@H](C)C(N)=O)c(N)n(C)c1=O. The van der Waals surface area contributed by atoms with Crippen LogP contribution >= 0.6 is 0 Å². The summed E-state index contributed by atoms with van der Waals surface area (Å²) in [5.74, 6) is -1.08. The predicted molar refractivity (Wildman–Crippen MR) is 77.9 cm³/mol. The highest BCUT2D eigenvalue weighted by molar-refractivity contribution is 5.83. The third kappa shape index (κ3) is 3.30. The first-order chi connectivity index (χ1) is 9.70. The molecular formula is C12H19N5O4. The highest BCUT2D eigenvalue weighted by Gasteiger charge is 2.19. The van der Waals surface area contributed by atoms with Gasteiger partial charge < -0.3 is 16.8 Å².